The van der Waals surface area contributed by atoms with Crippen molar-refractivity contribution in [1.29, 1.82) is 0 Å². The van der Waals surface area contributed by atoms with Crippen molar-refractivity contribution in [1.82, 2.24) is 19.9 Å². The number of hydrogen-bond acceptors (Lipinski definition) is 6. The van der Waals surface area contributed by atoms with Gasteiger partial charge >= 0.3 is 0 Å². The van der Waals surface area contributed by atoms with Gasteiger partial charge in [0, 0.05) is 25.2 Å². The summed E-state index contributed by atoms with van der Waals surface area (Å²) in [5.41, 5.74) is 0.727. The molecule has 1 aliphatic rings. The number of rotatable bonds is 8. The highest BCUT2D eigenvalue weighted by Crippen LogP contribution is 2.25. The Morgan fingerprint density at radius 1 is 1.16 bits per heavy atom. The van der Waals surface area contributed by atoms with Crippen LogP contribution in [0.4, 0.5) is 0 Å². The van der Waals surface area contributed by atoms with E-state index in [9.17, 15) is 18.0 Å². The minimum atomic E-state index is -3.63. The Hall–Kier alpha value is -2.98. The predicted octanol–water partition coefficient (Wildman–Crippen LogP) is 1.31. The summed E-state index contributed by atoms with van der Waals surface area (Å²) in [6.07, 6.45) is 2.43. The fourth-order valence-electron chi connectivity index (χ4n) is 3.49. The first-order valence-corrected chi connectivity index (χ1v) is 11.9. The molecule has 0 radical (unpaired) electrons. The molecule has 2 amide bonds. The molecule has 0 aliphatic carbocycles. The molecule has 2 aromatic rings. The van der Waals surface area contributed by atoms with Crippen LogP contribution in [0.15, 0.2) is 53.6 Å². The van der Waals surface area contributed by atoms with Gasteiger partial charge in [0.05, 0.1) is 24.2 Å². The number of carbonyl (C=O) groups is 2. The lowest BCUT2D eigenvalue weighted by molar-refractivity contribution is -0.131. The van der Waals surface area contributed by atoms with Crippen LogP contribution in [0, 0.1) is 5.92 Å². The van der Waals surface area contributed by atoms with Gasteiger partial charge in [0.15, 0.2) is 0 Å². The largest absolute Gasteiger partial charge is 0.497 e. The quantitative estimate of drug-likeness (QED) is 0.613. The molecule has 1 fully saturated rings. The summed E-state index contributed by atoms with van der Waals surface area (Å²) < 4.78 is 32.2. The Morgan fingerprint density at radius 2 is 1.84 bits per heavy atom. The molecule has 3 rings (SSSR count). The number of methoxy groups -OCH3 is 1. The minimum Gasteiger partial charge on any atom is -0.497 e. The number of ether oxygens (including phenoxy) is 1. The number of nitrogens with one attached hydrogen (secondary N) is 2. The third kappa shape index (κ3) is 5.83. The van der Waals surface area contributed by atoms with E-state index in [1.165, 1.54) is 23.5 Å². The summed E-state index contributed by atoms with van der Waals surface area (Å²) in [5, 5.41) is 5.48. The standard InChI is InChI=1S/C22H28N4O5S/c1-16(21(27)24-15-18-5-3-4-12-23-18)25-22(28)17-10-13-26(14-11-17)32(29,30)20-8-6-19(31-2)7-9-20/h3-9,12,16-17H,10-11,13-15H2,1-2H3,(H,24,27)(H,25,28)/t16-/m1/s1. The molecular formula is C22H28N4O5S. The number of piperidine rings is 1. The third-order valence-electron chi connectivity index (χ3n) is 5.44. The topological polar surface area (TPSA) is 118 Å². The first kappa shape index (κ1) is 23.7. The molecule has 1 aromatic carbocycles. The van der Waals surface area contributed by atoms with Gasteiger partial charge in [-0.2, -0.15) is 4.31 Å². The van der Waals surface area contributed by atoms with Crippen molar-refractivity contribution in [2.75, 3.05) is 20.2 Å². The van der Waals surface area contributed by atoms with E-state index in [1.807, 2.05) is 6.07 Å². The van der Waals surface area contributed by atoms with Gasteiger partial charge in [-0.1, -0.05) is 6.07 Å². The maximum Gasteiger partial charge on any atom is 0.243 e. The average molecular weight is 461 g/mol. The molecule has 172 valence electrons. The van der Waals surface area contributed by atoms with Gasteiger partial charge < -0.3 is 15.4 Å². The third-order valence-corrected chi connectivity index (χ3v) is 7.36. The molecule has 1 aliphatic heterocycles. The van der Waals surface area contributed by atoms with Crippen LogP contribution in [0.2, 0.25) is 0 Å². The van der Waals surface area contributed by atoms with Gasteiger partial charge in [-0.25, -0.2) is 8.42 Å². The molecule has 0 saturated carbocycles. The molecule has 1 aromatic heterocycles. The molecule has 1 atom stereocenters. The second kappa shape index (κ2) is 10.6. The zero-order chi connectivity index (χ0) is 23.1. The molecule has 1 saturated heterocycles. The highest BCUT2D eigenvalue weighted by molar-refractivity contribution is 7.89. The van der Waals surface area contributed by atoms with Crippen LogP contribution >= 0.6 is 0 Å². The molecule has 10 heteroatoms. The molecule has 2 heterocycles. The van der Waals surface area contributed by atoms with Gasteiger partial charge in [0.25, 0.3) is 0 Å². The fraction of sp³-hybridized carbons (Fsp3) is 0.409. The van der Waals surface area contributed by atoms with Crippen LogP contribution in [-0.2, 0) is 26.2 Å². The molecule has 32 heavy (non-hydrogen) atoms. The summed E-state index contributed by atoms with van der Waals surface area (Å²) in [5.74, 6) is -0.309. The smallest absolute Gasteiger partial charge is 0.243 e. The van der Waals surface area contributed by atoms with Crippen molar-refractivity contribution in [3.05, 3.63) is 54.4 Å². The van der Waals surface area contributed by atoms with Crippen molar-refractivity contribution in [2.45, 2.75) is 37.2 Å². The van der Waals surface area contributed by atoms with E-state index < -0.39 is 16.1 Å². The first-order valence-electron chi connectivity index (χ1n) is 10.4. The summed E-state index contributed by atoms with van der Waals surface area (Å²) in [6, 6.07) is 11.0. The van der Waals surface area contributed by atoms with Crippen molar-refractivity contribution < 1.29 is 22.7 Å². The Labute approximate surface area is 188 Å². The van der Waals surface area contributed by atoms with Gasteiger partial charge in [-0.15, -0.1) is 0 Å². The lowest BCUT2D eigenvalue weighted by atomic mass is 9.97. The SMILES string of the molecule is COc1ccc(S(=O)(=O)N2CCC(C(=O)N[C@H](C)C(=O)NCc3ccccn3)CC2)cc1. The van der Waals surface area contributed by atoms with Crippen LogP contribution in [0.5, 0.6) is 5.75 Å². The second-order valence-corrected chi connectivity index (χ2v) is 9.56. The van der Waals surface area contributed by atoms with Crippen molar-refractivity contribution in [3.8, 4) is 5.75 Å². The number of aromatic nitrogens is 1. The fourth-order valence-corrected chi connectivity index (χ4v) is 4.96. The summed E-state index contributed by atoms with van der Waals surface area (Å²) >= 11 is 0. The molecule has 2 N–H and O–H groups in total. The Bertz CT molecular complexity index is 1020. The van der Waals surface area contributed by atoms with Crippen LogP contribution in [0.3, 0.4) is 0 Å². The van der Waals surface area contributed by atoms with E-state index in [-0.39, 0.29) is 42.3 Å². The van der Waals surface area contributed by atoms with E-state index in [4.69, 9.17) is 4.74 Å². The van der Waals surface area contributed by atoms with E-state index in [0.717, 1.165) is 5.69 Å². The maximum absolute atomic E-state index is 12.8. The Kier molecular flexibility index (Phi) is 7.81. The van der Waals surface area contributed by atoms with Crippen molar-refractivity contribution >= 4 is 21.8 Å². The van der Waals surface area contributed by atoms with Gasteiger partial charge in [-0.05, 0) is 56.2 Å². The highest BCUT2D eigenvalue weighted by Gasteiger charge is 2.33. The highest BCUT2D eigenvalue weighted by atomic mass is 32.2. The van der Waals surface area contributed by atoms with Gasteiger partial charge in [0.1, 0.15) is 11.8 Å². The first-order chi connectivity index (χ1) is 15.3. The lowest BCUT2D eigenvalue weighted by Crippen LogP contribution is -2.49. The van der Waals surface area contributed by atoms with Crippen LogP contribution in [0.25, 0.3) is 0 Å². The summed E-state index contributed by atoms with van der Waals surface area (Å²) in [6.45, 7) is 2.38. The predicted molar refractivity (Wildman–Crippen MR) is 118 cm³/mol. The molecule has 0 spiro atoms. The second-order valence-electron chi connectivity index (χ2n) is 7.62. The zero-order valence-electron chi connectivity index (χ0n) is 18.2. The average Bonchev–Trinajstić information content (AvgIpc) is 2.83. The number of sulfonamides is 1. The number of pyridine rings is 1. The van der Waals surface area contributed by atoms with E-state index >= 15 is 0 Å². The summed E-state index contributed by atoms with van der Waals surface area (Å²) in [7, 11) is -2.11. The van der Waals surface area contributed by atoms with Gasteiger partial charge in [-0.3, -0.25) is 14.6 Å². The monoisotopic (exact) mass is 460 g/mol. The van der Waals surface area contributed by atoms with Crippen LogP contribution < -0.4 is 15.4 Å². The van der Waals surface area contributed by atoms with Crippen LogP contribution in [0.1, 0.15) is 25.5 Å². The minimum absolute atomic E-state index is 0.194. The number of carbonyl (C=O) groups excluding carboxylic acids is 2. The lowest BCUT2D eigenvalue weighted by Gasteiger charge is -2.31. The molecular weight excluding hydrogens is 432 g/mol. The van der Waals surface area contributed by atoms with E-state index in [1.54, 1.807) is 37.4 Å². The number of nitrogens with zero attached hydrogens (tertiary/aromatic N) is 2. The van der Waals surface area contributed by atoms with Gasteiger partial charge in [0.2, 0.25) is 21.8 Å². The van der Waals surface area contributed by atoms with Crippen molar-refractivity contribution in [3.63, 3.8) is 0 Å². The Balaban J connectivity index is 1.48. The number of benzene rings is 1. The van der Waals surface area contributed by atoms with Crippen LogP contribution in [-0.4, -0.2) is 55.8 Å². The molecule has 0 unspecified atom stereocenters. The summed E-state index contributed by atoms with van der Waals surface area (Å²) in [4.78, 5) is 29.2. The Morgan fingerprint density at radius 3 is 2.44 bits per heavy atom. The number of hydrogen-bond donors (Lipinski definition) is 2. The van der Waals surface area contributed by atoms with Crippen molar-refractivity contribution in [2.24, 2.45) is 5.92 Å². The molecule has 0 bridgehead atoms. The van der Waals surface area contributed by atoms with E-state index in [2.05, 4.69) is 15.6 Å². The maximum atomic E-state index is 12.8. The normalized spacial score (nSPS) is 16.2. The molecule has 9 nitrogen and oxygen atoms in total. The number of amides is 2. The van der Waals surface area contributed by atoms with E-state index in [0.29, 0.717) is 18.6 Å². The zero-order valence-corrected chi connectivity index (χ0v) is 19.0.